The lowest BCUT2D eigenvalue weighted by Gasteiger charge is -2.13. The zero-order valence-corrected chi connectivity index (χ0v) is 12.7. The quantitative estimate of drug-likeness (QED) is 0.484. The van der Waals surface area contributed by atoms with Crippen molar-refractivity contribution in [3.05, 3.63) is 60.0 Å². The SMILES string of the molecule is CCC/C=C\C(OC(=O)c1ccccc1)/C(F)=C\CCC. The van der Waals surface area contributed by atoms with Gasteiger partial charge >= 0.3 is 5.97 Å². The number of benzene rings is 1. The Balaban J connectivity index is 2.79. The summed E-state index contributed by atoms with van der Waals surface area (Å²) in [6.07, 6.45) is 7.30. The van der Waals surface area contributed by atoms with Gasteiger partial charge in [0.05, 0.1) is 5.56 Å². The molecule has 1 unspecified atom stereocenters. The standard InChI is InChI=1S/C18H23FO2/c1-3-5-8-14-17(16(19)13-6-4-2)21-18(20)15-11-9-7-10-12-15/h7-14,17H,3-6H2,1-2H3/b14-8-,16-13+. The van der Waals surface area contributed by atoms with Gasteiger partial charge in [-0.3, -0.25) is 0 Å². The van der Waals surface area contributed by atoms with Crippen molar-refractivity contribution < 1.29 is 13.9 Å². The molecule has 114 valence electrons. The van der Waals surface area contributed by atoms with Crippen molar-refractivity contribution in [3.8, 4) is 0 Å². The normalized spacial score (nSPS) is 13.4. The van der Waals surface area contributed by atoms with Crippen molar-refractivity contribution >= 4 is 5.97 Å². The van der Waals surface area contributed by atoms with Crippen LogP contribution in [0.3, 0.4) is 0 Å². The Morgan fingerprint density at radius 3 is 2.48 bits per heavy atom. The fourth-order valence-corrected chi connectivity index (χ4v) is 1.73. The third kappa shape index (κ3) is 6.39. The Morgan fingerprint density at radius 2 is 1.86 bits per heavy atom. The molecule has 0 fully saturated rings. The van der Waals surface area contributed by atoms with Crippen LogP contribution < -0.4 is 0 Å². The van der Waals surface area contributed by atoms with Crippen LogP contribution in [0.2, 0.25) is 0 Å². The van der Waals surface area contributed by atoms with Crippen LogP contribution in [0, 0.1) is 0 Å². The number of unbranched alkanes of at least 4 members (excludes halogenated alkanes) is 2. The molecule has 0 N–H and O–H groups in total. The highest BCUT2D eigenvalue weighted by atomic mass is 19.1. The molecule has 2 nitrogen and oxygen atoms in total. The zero-order chi connectivity index (χ0) is 15.5. The first-order valence-corrected chi connectivity index (χ1v) is 7.47. The first-order valence-electron chi connectivity index (χ1n) is 7.47. The topological polar surface area (TPSA) is 26.3 Å². The van der Waals surface area contributed by atoms with Gasteiger partial charge in [0, 0.05) is 0 Å². The predicted octanol–water partition coefficient (Wildman–Crippen LogP) is 5.22. The van der Waals surface area contributed by atoms with Gasteiger partial charge in [-0.05, 0) is 37.1 Å². The maximum absolute atomic E-state index is 14.1. The third-order valence-corrected chi connectivity index (χ3v) is 2.91. The Labute approximate surface area is 126 Å². The summed E-state index contributed by atoms with van der Waals surface area (Å²) < 4.78 is 19.4. The second kappa shape index (κ2) is 9.92. The molecule has 0 aliphatic heterocycles. The number of hydrogen-bond donors (Lipinski definition) is 0. The maximum atomic E-state index is 14.1. The minimum absolute atomic E-state index is 0.409. The van der Waals surface area contributed by atoms with E-state index in [1.807, 2.05) is 26.0 Å². The highest BCUT2D eigenvalue weighted by molar-refractivity contribution is 5.89. The molecule has 0 aromatic heterocycles. The van der Waals surface area contributed by atoms with Gasteiger partial charge in [0.1, 0.15) is 5.83 Å². The van der Waals surface area contributed by atoms with Crippen molar-refractivity contribution in [2.75, 3.05) is 0 Å². The number of esters is 1. The summed E-state index contributed by atoms with van der Waals surface area (Å²) in [6.45, 7) is 4.01. The summed E-state index contributed by atoms with van der Waals surface area (Å²) >= 11 is 0. The summed E-state index contributed by atoms with van der Waals surface area (Å²) in [5.74, 6) is -0.921. The molecule has 1 atom stereocenters. The van der Waals surface area contributed by atoms with Crippen molar-refractivity contribution in [1.29, 1.82) is 0 Å². The first-order chi connectivity index (χ1) is 10.2. The van der Waals surface area contributed by atoms with Crippen LogP contribution in [-0.4, -0.2) is 12.1 Å². The number of allylic oxidation sites excluding steroid dienone is 2. The minimum atomic E-state index is -0.934. The van der Waals surface area contributed by atoms with Crippen molar-refractivity contribution in [2.24, 2.45) is 0 Å². The van der Waals surface area contributed by atoms with E-state index in [1.54, 1.807) is 30.3 Å². The van der Waals surface area contributed by atoms with Gasteiger partial charge in [0.25, 0.3) is 0 Å². The summed E-state index contributed by atoms with van der Waals surface area (Å²) in [6, 6.07) is 8.63. The molecule has 21 heavy (non-hydrogen) atoms. The van der Waals surface area contributed by atoms with E-state index in [4.69, 9.17) is 4.74 Å². The Morgan fingerprint density at radius 1 is 1.19 bits per heavy atom. The Bertz CT molecular complexity index is 477. The number of ether oxygens (including phenoxy) is 1. The summed E-state index contributed by atoms with van der Waals surface area (Å²) in [7, 11) is 0. The van der Waals surface area contributed by atoms with Crippen LogP contribution in [0.1, 0.15) is 49.9 Å². The predicted molar refractivity (Wildman–Crippen MR) is 83.8 cm³/mol. The van der Waals surface area contributed by atoms with E-state index in [2.05, 4.69) is 0 Å². The van der Waals surface area contributed by atoms with Crippen molar-refractivity contribution in [3.63, 3.8) is 0 Å². The fraction of sp³-hybridized carbons (Fsp3) is 0.389. The third-order valence-electron chi connectivity index (χ3n) is 2.91. The van der Waals surface area contributed by atoms with E-state index in [-0.39, 0.29) is 0 Å². The fourth-order valence-electron chi connectivity index (χ4n) is 1.73. The van der Waals surface area contributed by atoms with Gasteiger partial charge in [-0.2, -0.15) is 0 Å². The van der Waals surface area contributed by atoms with E-state index < -0.39 is 17.9 Å². The zero-order valence-electron chi connectivity index (χ0n) is 12.7. The number of rotatable bonds is 8. The highest BCUT2D eigenvalue weighted by Gasteiger charge is 2.17. The van der Waals surface area contributed by atoms with Gasteiger partial charge < -0.3 is 4.74 Å². The molecule has 0 aliphatic rings. The molecular weight excluding hydrogens is 267 g/mol. The summed E-state index contributed by atoms with van der Waals surface area (Å²) in [5, 5.41) is 0. The highest BCUT2D eigenvalue weighted by Crippen LogP contribution is 2.15. The molecule has 0 amide bonds. The van der Waals surface area contributed by atoms with Crippen LogP contribution in [0.5, 0.6) is 0 Å². The largest absolute Gasteiger partial charge is 0.447 e. The van der Waals surface area contributed by atoms with E-state index in [0.717, 1.165) is 19.3 Å². The average molecular weight is 290 g/mol. The Kier molecular flexibility index (Phi) is 8.10. The van der Waals surface area contributed by atoms with Gasteiger partial charge in [-0.25, -0.2) is 9.18 Å². The molecule has 1 aromatic carbocycles. The Hall–Kier alpha value is -1.90. The molecule has 1 aromatic rings. The van der Waals surface area contributed by atoms with Crippen LogP contribution in [0.4, 0.5) is 4.39 Å². The number of hydrogen-bond acceptors (Lipinski definition) is 2. The average Bonchev–Trinajstić information content (AvgIpc) is 2.52. The molecular formula is C18H23FO2. The minimum Gasteiger partial charge on any atom is -0.447 e. The second-order valence-corrected chi connectivity index (χ2v) is 4.79. The van der Waals surface area contributed by atoms with Gasteiger partial charge in [-0.15, -0.1) is 0 Å². The van der Waals surface area contributed by atoms with E-state index in [1.165, 1.54) is 6.08 Å². The molecule has 0 bridgehead atoms. The van der Waals surface area contributed by atoms with E-state index in [0.29, 0.717) is 12.0 Å². The molecule has 0 spiro atoms. The molecule has 0 radical (unpaired) electrons. The molecule has 3 heteroatoms. The lowest BCUT2D eigenvalue weighted by atomic mass is 10.2. The van der Waals surface area contributed by atoms with Gasteiger partial charge in [0.15, 0.2) is 6.10 Å². The van der Waals surface area contributed by atoms with Crippen LogP contribution in [0.25, 0.3) is 0 Å². The van der Waals surface area contributed by atoms with Crippen LogP contribution >= 0.6 is 0 Å². The number of carbonyl (C=O) groups excluding carboxylic acids is 1. The molecule has 0 saturated carbocycles. The van der Waals surface area contributed by atoms with Crippen molar-refractivity contribution in [2.45, 2.75) is 45.6 Å². The molecule has 1 rings (SSSR count). The second-order valence-electron chi connectivity index (χ2n) is 4.79. The monoisotopic (exact) mass is 290 g/mol. The lowest BCUT2D eigenvalue weighted by molar-refractivity contribution is 0.0415. The first kappa shape index (κ1) is 17.2. The maximum Gasteiger partial charge on any atom is 0.339 e. The lowest BCUT2D eigenvalue weighted by Crippen LogP contribution is -2.17. The van der Waals surface area contributed by atoms with Gasteiger partial charge in [-0.1, -0.05) is 51.0 Å². The smallest absolute Gasteiger partial charge is 0.339 e. The van der Waals surface area contributed by atoms with Crippen molar-refractivity contribution in [1.82, 2.24) is 0 Å². The van der Waals surface area contributed by atoms with E-state index in [9.17, 15) is 9.18 Å². The summed E-state index contributed by atoms with van der Waals surface area (Å²) in [4.78, 5) is 12.0. The summed E-state index contributed by atoms with van der Waals surface area (Å²) in [5.41, 5.74) is 0.426. The molecule has 0 saturated heterocycles. The molecule has 0 aliphatic carbocycles. The van der Waals surface area contributed by atoms with Gasteiger partial charge in [0.2, 0.25) is 0 Å². The number of carbonyl (C=O) groups is 1. The van der Waals surface area contributed by atoms with Crippen LogP contribution in [-0.2, 0) is 4.74 Å². The van der Waals surface area contributed by atoms with Crippen LogP contribution in [0.15, 0.2) is 54.4 Å². The number of halogens is 1. The van der Waals surface area contributed by atoms with E-state index >= 15 is 0 Å². The molecule has 0 heterocycles.